The molecule has 16 heavy (non-hydrogen) atoms. The van der Waals surface area contributed by atoms with Crippen LogP contribution in [-0.2, 0) is 4.74 Å². The van der Waals surface area contributed by atoms with E-state index in [9.17, 15) is 10.5 Å². The maximum atomic E-state index is 9.18. The third kappa shape index (κ3) is 0.761. The molecule has 3 nitrogen and oxygen atoms in total. The smallest absolute Gasteiger partial charge is 0.0911 e. The lowest BCUT2D eigenvalue weighted by Gasteiger charge is -2.33. The van der Waals surface area contributed by atoms with Crippen LogP contribution in [0.5, 0.6) is 0 Å². The third-order valence-corrected chi connectivity index (χ3v) is 5.05. The van der Waals surface area contributed by atoms with E-state index in [1.165, 1.54) is 6.42 Å². The zero-order valence-corrected chi connectivity index (χ0v) is 8.78. The van der Waals surface area contributed by atoms with E-state index in [-0.39, 0.29) is 24.0 Å². The van der Waals surface area contributed by atoms with Crippen molar-refractivity contribution < 1.29 is 4.74 Å². The largest absolute Gasteiger partial charge is 0.372 e. The van der Waals surface area contributed by atoms with Crippen LogP contribution in [0.2, 0.25) is 0 Å². The van der Waals surface area contributed by atoms with E-state index in [0.29, 0.717) is 23.7 Å². The van der Waals surface area contributed by atoms with Gasteiger partial charge in [0.05, 0.1) is 36.2 Å². The van der Waals surface area contributed by atoms with E-state index in [0.717, 1.165) is 0 Å². The lowest BCUT2D eigenvalue weighted by molar-refractivity contribution is 0.0651. The van der Waals surface area contributed by atoms with Gasteiger partial charge in [-0.3, -0.25) is 0 Å². The molecule has 0 N–H and O–H groups in total. The van der Waals surface area contributed by atoms with Gasteiger partial charge >= 0.3 is 0 Å². The zero-order chi connectivity index (χ0) is 10.9. The second kappa shape index (κ2) is 2.67. The standard InChI is InChI=1S/C13H12N2O/c14-4-8-9(5-15)13-11-7-2-1-6(3-7)10(11)12(8)16-13/h1-2,6-13H,3H2. The van der Waals surface area contributed by atoms with Gasteiger partial charge in [0.1, 0.15) is 0 Å². The summed E-state index contributed by atoms with van der Waals surface area (Å²) < 4.78 is 5.94. The first kappa shape index (κ1) is 8.79. The normalized spacial score (nSPS) is 59.6. The Morgan fingerprint density at radius 1 is 0.938 bits per heavy atom. The summed E-state index contributed by atoms with van der Waals surface area (Å²) in [4.78, 5) is 0. The van der Waals surface area contributed by atoms with Crippen molar-refractivity contribution in [3.05, 3.63) is 12.2 Å². The van der Waals surface area contributed by atoms with E-state index >= 15 is 0 Å². The average Bonchev–Trinajstić information content (AvgIpc) is 3.03. The Morgan fingerprint density at radius 2 is 1.44 bits per heavy atom. The van der Waals surface area contributed by atoms with Crippen LogP contribution in [0, 0.1) is 58.2 Å². The van der Waals surface area contributed by atoms with Gasteiger partial charge < -0.3 is 4.74 Å². The van der Waals surface area contributed by atoms with E-state index in [1.54, 1.807) is 0 Å². The minimum absolute atomic E-state index is 0.0320. The van der Waals surface area contributed by atoms with Gasteiger partial charge in [0.15, 0.2) is 0 Å². The fraction of sp³-hybridized carbons (Fsp3) is 0.692. The molecule has 2 heterocycles. The predicted octanol–water partition coefficient (Wildman–Crippen LogP) is 1.49. The zero-order valence-electron chi connectivity index (χ0n) is 8.78. The molecule has 2 saturated heterocycles. The lowest BCUT2D eigenvalue weighted by atomic mass is 9.65. The van der Waals surface area contributed by atoms with Crippen molar-refractivity contribution in [2.45, 2.75) is 18.6 Å². The van der Waals surface area contributed by atoms with Crippen molar-refractivity contribution in [3.63, 3.8) is 0 Å². The van der Waals surface area contributed by atoms with Crippen molar-refractivity contribution in [2.24, 2.45) is 35.5 Å². The molecule has 3 fully saturated rings. The van der Waals surface area contributed by atoms with E-state index in [1.807, 2.05) is 0 Å². The third-order valence-electron chi connectivity index (χ3n) is 5.05. The van der Waals surface area contributed by atoms with Crippen LogP contribution < -0.4 is 0 Å². The Hall–Kier alpha value is -1.32. The van der Waals surface area contributed by atoms with Crippen LogP contribution in [-0.4, -0.2) is 12.2 Å². The van der Waals surface area contributed by atoms with Crippen LogP contribution >= 0.6 is 0 Å². The molecule has 0 aromatic carbocycles. The molecule has 1 saturated carbocycles. The highest BCUT2D eigenvalue weighted by molar-refractivity contribution is 5.26. The first-order valence-corrected chi connectivity index (χ1v) is 5.98. The Kier molecular flexibility index (Phi) is 1.47. The summed E-state index contributed by atoms with van der Waals surface area (Å²) in [5.41, 5.74) is 0. The summed E-state index contributed by atoms with van der Waals surface area (Å²) in [6, 6.07) is 4.59. The first-order chi connectivity index (χ1) is 7.85. The summed E-state index contributed by atoms with van der Waals surface area (Å²) in [6.07, 6.45) is 5.88. The van der Waals surface area contributed by atoms with Crippen molar-refractivity contribution >= 4 is 0 Å². The molecule has 8 atom stereocenters. The second-order valence-corrected chi connectivity index (χ2v) is 5.48. The summed E-state index contributed by atoms with van der Waals surface area (Å²) in [6.45, 7) is 0. The molecule has 0 aromatic heterocycles. The SMILES string of the molecule is N#CC1C(C#N)C2OC1C1C3C=CC(C3)C21. The maximum absolute atomic E-state index is 9.18. The van der Waals surface area contributed by atoms with E-state index in [4.69, 9.17) is 4.74 Å². The molecule has 0 aromatic rings. The molecular weight excluding hydrogens is 200 g/mol. The fourth-order valence-electron chi connectivity index (χ4n) is 4.55. The van der Waals surface area contributed by atoms with Gasteiger partial charge in [-0.05, 0) is 30.1 Å². The van der Waals surface area contributed by atoms with Crippen molar-refractivity contribution in [1.29, 1.82) is 10.5 Å². The van der Waals surface area contributed by atoms with Crippen LogP contribution in [0.3, 0.4) is 0 Å². The van der Waals surface area contributed by atoms with E-state index in [2.05, 4.69) is 24.3 Å². The number of ether oxygens (including phenoxy) is 1. The molecule has 4 bridgehead atoms. The minimum atomic E-state index is -0.191. The highest BCUT2D eigenvalue weighted by Crippen LogP contribution is 2.62. The second-order valence-electron chi connectivity index (χ2n) is 5.48. The highest BCUT2D eigenvalue weighted by atomic mass is 16.5. The van der Waals surface area contributed by atoms with E-state index < -0.39 is 0 Å². The van der Waals surface area contributed by atoms with Gasteiger partial charge in [0.25, 0.3) is 0 Å². The average molecular weight is 212 g/mol. The van der Waals surface area contributed by atoms with Gasteiger partial charge in [0, 0.05) is 0 Å². The van der Waals surface area contributed by atoms with Crippen LogP contribution in [0.15, 0.2) is 12.2 Å². The first-order valence-electron chi connectivity index (χ1n) is 5.98. The number of nitrogens with zero attached hydrogens (tertiary/aromatic N) is 2. The molecule has 80 valence electrons. The number of allylic oxidation sites excluding steroid dienone is 2. The Morgan fingerprint density at radius 3 is 1.88 bits per heavy atom. The van der Waals surface area contributed by atoms with Crippen molar-refractivity contribution in [2.75, 3.05) is 0 Å². The van der Waals surface area contributed by atoms with Crippen LogP contribution in [0.25, 0.3) is 0 Å². The van der Waals surface area contributed by atoms with Gasteiger partial charge in [0.2, 0.25) is 0 Å². The number of nitriles is 2. The van der Waals surface area contributed by atoms with Crippen molar-refractivity contribution in [3.8, 4) is 12.1 Å². The summed E-state index contributed by atoms with van der Waals surface area (Å²) in [7, 11) is 0. The maximum Gasteiger partial charge on any atom is 0.0911 e. The summed E-state index contributed by atoms with van der Waals surface area (Å²) in [5, 5.41) is 18.4. The molecule has 0 radical (unpaired) electrons. The molecule has 0 amide bonds. The Balaban J connectivity index is 1.78. The lowest BCUT2D eigenvalue weighted by Crippen LogP contribution is -2.40. The fourth-order valence-corrected chi connectivity index (χ4v) is 4.55. The number of rotatable bonds is 0. The minimum Gasteiger partial charge on any atom is -0.372 e. The molecule has 8 unspecified atom stereocenters. The highest BCUT2D eigenvalue weighted by Gasteiger charge is 2.66. The molecule has 2 aliphatic heterocycles. The van der Waals surface area contributed by atoms with Gasteiger partial charge in [-0.2, -0.15) is 10.5 Å². The summed E-state index contributed by atoms with van der Waals surface area (Å²) in [5.74, 6) is 1.89. The van der Waals surface area contributed by atoms with Gasteiger partial charge in [-0.25, -0.2) is 0 Å². The van der Waals surface area contributed by atoms with Crippen LogP contribution in [0.4, 0.5) is 0 Å². The van der Waals surface area contributed by atoms with Crippen LogP contribution in [0.1, 0.15) is 6.42 Å². The summed E-state index contributed by atoms with van der Waals surface area (Å²) >= 11 is 0. The molecule has 4 rings (SSSR count). The quantitative estimate of drug-likeness (QED) is 0.571. The predicted molar refractivity (Wildman–Crippen MR) is 54.6 cm³/mol. The van der Waals surface area contributed by atoms with Gasteiger partial charge in [-0.1, -0.05) is 12.2 Å². The molecule has 2 aliphatic carbocycles. The Labute approximate surface area is 94.3 Å². The monoisotopic (exact) mass is 212 g/mol. The number of hydrogen-bond donors (Lipinski definition) is 0. The molecule has 0 spiro atoms. The topological polar surface area (TPSA) is 56.8 Å². The molecule has 3 heteroatoms. The Bertz CT molecular complexity index is 418. The van der Waals surface area contributed by atoms with Crippen molar-refractivity contribution in [1.82, 2.24) is 0 Å². The number of hydrogen-bond acceptors (Lipinski definition) is 3. The molecule has 4 aliphatic rings. The molecular formula is C13H12N2O. The number of fused-ring (bicyclic) bond motifs is 9. The van der Waals surface area contributed by atoms with Gasteiger partial charge in [-0.15, -0.1) is 0 Å².